The zero-order chi connectivity index (χ0) is 23.1. The molecular formula is C24H28N4O3S2. The van der Waals surface area contributed by atoms with Crippen molar-refractivity contribution in [1.82, 2.24) is 19.4 Å². The minimum Gasteiger partial charge on any atom is -0.356 e. The Kier molecular flexibility index (Phi) is 6.18. The molecule has 3 aromatic rings. The Morgan fingerprint density at radius 3 is 2.85 bits per heavy atom. The molecule has 0 bridgehead atoms. The van der Waals surface area contributed by atoms with Gasteiger partial charge in [-0.2, -0.15) is 0 Å². The van der Waals surface area contributed by atoms with Gasteiger partial charge in [0.15, 0.2) is 10.9 Å². The largest absolute Gasteiger partial charge is 0.356 e. The van der Waals surface area contributed by atoms with Crippen molar-refractivity contribution < 1.29 is 9.59 Å². The van der Waals surface area contributed by atoms with Gasteiger partial charge in [-0.15, -0.1) is 11.3 Å². The van der Waals surface area contributed by atoms with Crippen molar-refractivity contribution in [3.05, 3.63) is 44.3 Å². The first-order valence-electron chi connectivity index (χ1n) is 11.6. The molecule has 3 aromatic heterocycles. The first-order chi connectivity index (χ1) is 16.0. The normalized spacial score (nSPS) is 18.1. The van der Waals surface area contributed by atoms with Crippen LogP contribution in [0.1, 0.15) is 64.4 Å². The first-order valence-corrected chi connectivity index (χ1v) is 13.4. The topological polar surface area (TPSA) is 88.1 Å². The molecule has 2 aliphatic rings. The summed E-state index contributed by atoms with van der Waals surface area (Å²) in [5.74, 6) is 0.652. The molecule has 1 aliphatic heterocycles. The summed E-state index contributed by atoms with van der Waals surface area (Å²) in [4.78, 5) is 50.3. The molecule has 1 amide bonds. The van der Waals surface area contributed by atoms with E-state index in [-0.39, 0.29) is 23.0 Å². The number of carbonyl (C=O) groups excluding carboxylic acids is 2. The number of aromatic nitrogens is 3. The Morgan fingerprint density at radius 1 is 1.30 bits per heavy atom. The molecule has 0 saturated carbocycles. The molecule has 0 radical (unpaired) electrons. The molecule has 33 heavy (non-hydrogen) atoms. The van der Waals surface area contributed by atoms with E-state index in [9.17, 15) is 14.4 Å². The summed E-state index contributed by atoms with van der Waals surface area (Å²) in [5, 5.41) is 1.36. The van der Waals surface area contributed by atoms with Crippen LogP contribution in [0, 0.1) is 5.92 Å². The van der Waals surface area contributed by atoms with Crippen LogP contribution in [-0.4, -0.2) is 50.0 Å². The molecule has 1 unspecified atom stereocenters. The maximum absolute atomic E-state index is 13.3. The highest BCUT2D eigenvalue weighted by Gasteiger charge is 2.25. The molecule has 1 saturated heterocycles. The minimum absolute atomic E-state index is 0.00430. The highest BCUT2D eigenvalue weighted by molar-refractivity contribution is 7.99. The van der Waals surface area contributed by atoms with Crippen molar-refractivity contribution in [2.75, 3.05) is 18.8 Å². The van der Waals surface area contributed by atoms with Gasteiger partial charge in [0.2, 0.25) is 0 Å². The molecule has 1 aliphatic carbocycles. The molecule has 1 atom stereocenters. The van der Waals surface area contributed by atoms with Crippen LogP contribution in [0.3, 0.4) is 0 Å². The first kappa shape index (κ1) is 22.4. The number of aromatic amines is 1. The molecule has 0 aromatic carbocycles. The van der Waals surface area contributed by atoms with Crippen LogP contribution < -0.4 is 5.56 Å². The number of aryl methyl sites for hydroxylation is 1. The fourth-order valence-corrected chi connectivity index (χ4v) is 7.16. The lowest BCUT2D eigenvalue weighted by Gasteiger charge is -2.17. The average molecular weight is 485 g/mol. The Bertz CT molecular complexity index is 1280. The van der Waals surface area contributed by atoms with Crippen molar-refractivity contribution in [2.45, 2.75) is 57.7 Å². The quantitative estimate of drug-likeness (QED) is 0.323. The predicted octanol–water partition coefficient (Wildman–Crippen LogP) is 4.14. The number of Topliss-reactive ketones (excluding diaryl/α,β-unsaturated/α-hetero) is 1. The zero-order valence-electron chi connectivity index (χ0n) is 19.0. The maximum Gasteiger partial charge on any atom is 0.270 e. The highest BCUT2D eigenvalue weighted by atomic mass is 32.2. The van der Waals surface area contributed by atoms with Crippen LogP contribution in [0.5, 0.6) is 0 Å². The van der Waals surface area contributed by atoms with Crippen molar-refractivity contribution >= 4 is 45.0 Å². The van der Waals surface area contributed by atoms with Gasteiger partial charge in [0, 0.05) is 36.3 Å². The summed E-state index contributed by atoms with van der Waals surface area (Å²) >= 11 is 2.92. The lowest BCUT2D eigenvalue weighted by atomic mass is 9.89. The Balaban J connectivity index is 1.36. The average Bonchev–Trinajstić information content (AvgIpc) is 3.56. The van der Waals surface area contributed by atoms with Crippen LogP contribution >= 0.6 is 23.1 Å². The molecule has 5 rings (SSSR count). The summed E-state index contributed by atoms with van der Waals surface area (Å²) in [6, 6.07) is 1.64. The third kappa shape index (κ3) is 4.17. The lowest BCUT2D eigenvalue weighted by molar-refractivity contribution is 0.0787. The van der Waals surface area contributed by atoms with Crippen LogP contribution in [0.2, 0.25) is 0 Å². The molecule has 1 N–H and O–H groups in total. The molecule has 4 heterocycles. The van der Waals surface area contributed by atoms with Gasteiger partial charge in [-0.1, -0.05) is 18.7 Å². The summed E-state index contributed by atoms with van der Waals surface area (Å²) in [7, 11) is 0. The lowest BCUT2D eigenvalue weighted by Crippen LogP contribution is -2.27. The van der Waals surface area contributed by atoms with Crippen LogP contribution in [-0.2, 0) is 19.4 Å². The van der Waals surface area contributed by atoms with Crippen molar-refractivity contribution in [1.29, 1.82) is 0 Å². The number of nitrogens with one attached hydrogen (secondary N) is 1. The third-order valence-electron chi connectivity index (χ3n) is 6.66. The van der Waals surface area contributed by atoms with Crippen molar-refractivity contribution in [3.8, 4) is 0 Å². The number of nitrogens with zero attached hydrogens (tertiary/aromatic N) is 3. The van der Waals surface area contributed by atoms with Crippen molar-refractivity contribution in [2.24, 2.45) is 5.92 Å². The number of H-pyrrole nitrogens is 1. The standard InChI is InChI=1S/C24H28N4O3S2/c1-3-28-23(31)20-16-7-6-14(2)10-19(16)33-21(20)26-24(28)32-13-18(29)15-11-17(25-12-15)22(30)27-8-4-5-9-27/h11-12,14,25H,3-10,13H2,1-2H3. The number of amides is 1. The number of hydrogen-bond acceptors (Lipinski definition) is 6. The van der Waals surface area contributed by atoms with Gasteiger partial charge in [-0.25, -0.2) is 4.98 Å². The molecule has 174 valence electrons. The number of likely N-dealkylation sites (tertiary alicyclic amines) is 1. The second-order valence-corrected chi connectivity index (χ2v) is 11.0. The van der Waals surface area contributed by atoms with Crippen LogP contribution in [0.15, 0.2) is 22.2 Å². The van der Waals surface area contributed by atoms with Gasteiger partial charge < -0.3 is 9.88 Å². The Morgan fingerprint density at radius 2 is 2.09 bits per heavy atom. The summed E-state index contributed by atoms with van der Waals surface area (Å²) in [6.45, 7) is 6.24. The zero-order valence-corrected chi connectivity index (χ0v) is 20.6. The predicted molar refractivity (Wildman–Crippen MR) is 132 cm³/mol. The molecule has 0 spiro atoms. The van der Waals surface area contributed by atoms with E-state index in [1.807, 2.05) is 11.8 Å². The third-order valence-corrected chi connectivity index (χ3v) is 8.78. The molecular weight excluding hydrogens is 456 g/mol. The number of hydrogen-bond donors (Lipinski definition) is 1. The summed E-state index contributed by atoms with van der Waals surface area (Å²) in [6.07, 6.45) is 6.71. The van der Waals surface area contributed by atoms with E-state index in [0.717, 1.165) is 55.4 Å². The van der Waals surface area contributed by atoms with Gasteiger partial charge in [-0.3, -0.25) is 19.0 Å². The second-order valence-electron chi connectivity index (χ2n) is 8.99. The van der Waals surface area contributed by atoms with Crippen molar-refractivity contribution in [3.63, 3.8) is 0 Å². The van der Waals surface area contributed by atoms with E-state index >= 15 is 0 Å². The molecule has 7 nitrogen and oxygen atoms in total. The molecule has 9 heteroatoms. The fourth-order valence-electron chi connectivity index (χ4n) is 4.78. The number of thioether (sulfide) groups is 1. The molecule has 1 fully saturated rings. The highest BCUT2D eigenvalue weighted by Crippen LogP contribution is 2.36. The number of thiophene rings is 1. The Labute approximate surface area is 200 Å². The van der Waals surface area contributed by atoms with Gasteiger partial charge in [-0.05, 0) is 56.6 Å². The second kappa shape index (κ2) is 9.10. The number of fused-ring (bicyclic) bond motifs is 3. The van der Waals surface area contributed by atoms with E-state index in [1.54, 1.807) is 28.2 Å². The number of carbonyl (C=O) groups is 2. The smallest absolute Gasteiger partial charge is 0.270 e. The Hall–Kier alpha value is -2.39. The monoisotopic (exact) mass is 484 g/mol. The van der Waals surface area contributed by atoms with Gasteiger partial charge in [0.25, 0.3) is 11.5 Å². The van der Waals surface area contributed by atoms with E-state index < -0.39 is 0 Å². The fraction of sp³-hybridized carbons (Fsp3) is 0.500. The number of ketones is 1. The summed E-state index contributed by atoms with van der Waals surface area (Å²) < 4.78 is 1.69. The van der Waals surface area contributed by atoms with Gasteiger partial charge in [0.05, 0.1) is 11.1 Å². The van der Waals surface area contributed by atoms with E-state index in [1.165, 1.54) is 22.2 Å². The van der Waals surface area contributed by atoms with E-state index in [0.29, 0.717) is 28.9 Å². The van der Waals surface area contributed by atoms with Crippen LogP contribution in [0.25, 0.3) is 10.2 Å². The maximum atomic E-state index is 13.3. The van der Waals surface area contributed by atoms with Crippen LogP contribution in [0.4, 0.5) is 0 Å². The van der Waals surface area contributed by atoms with E-state index in [2.05, 4.69) is 11.9 Å². The SMILES string of the molecule is CCn1c(SCC(=O)c2c[nH]c(C(=O)N3CCCC3)c2)nc2sc3c(c2c1=O)CCC(C)C3. The van der Waals surface area contributed by atoms with E-state index in [4.69, 9.17) is 4.98 Å². The number of rotatable bonds is 6. The summed E-state index contributed by atoms with van der Waals surface area (Å²) in [5.41, 5.74) is 2.12. The van der Waals surface area contributed by atoms with Gasteiger partial charge >= 0.3 is 0 Å². The minimum atomic E-state index is -0.0898. The van der Waals surface area contributed by atoms with Gasteiger partial charge in [0.1, 0.15) is 10.5 Å².